The summed E-state index contributed by atoms with van der Waals surface area (Å²) in [5, 5.41) is 8.85. The van der Waals surface area contributed by atoms with Crippen molar-refractivity contribution in [2.45, 2.75) is 6.61 Å². The van der Waals surface area contributed by atoms with Gasteiger partial charge in [0.2, 0.25) is 5.76 Å². The maximum Gasteiger partial charge on any atom is 0.372 e. The van der Waals surface area contributed by atoms with Crippen LogP contribution in [0.5, 0.6) is 11.5 Å². The molecule has 0 unspecified atom stereocenters. The van der Waals surface area contributed by atoms with Gasteiger partial charge in [-0.1, -0.05) is 0 Å². The first-order chi connectivity index (χ1) is 8.70. The number of carbonyl (C=O) groups is 1. The molecule has 94 valence electrons. The molecule has 0 bridgehead atoms. The van der Waals surface area contributed by atoms with Gasteiger partial charge < -0.3 is 19.0 Å². The molecule has 1 N–H and O–H groups in total. The maximum atomic E-state index is 10.8. The Kier molecular flexibility index (Phi) is 3.52. The zero-order valence-corrected chi connectivity index (χ0v) is 9.75. The molecule has 2 aromatic rings. The summed E-state index contributed by atoms with van der Waals surface area (Å²) in [4.78, 5) is 10.8. The van der Waals surface area contributed by atoms with E-state index in [2.05, 4.69) is 0 Å². The van der Waals surface area contributed by atoms with Gasteiger partial charge in [0.25, 0.3) is 0 Å². The fourth-order valence-corrected chi connectivity index (χ4v) is 1.47. The van der Waals surface area contributed by atoms with Crippen LogP contribution < -0.4 is 9.47 Å². The molecule has 1 aromatic carbocycles. The summed E-state index contributed by atoms with van der Waals surface area (Å²) >= 11 is 0. The van der Waals surface area contributed by atoms with Crippen LogP contribution in [0.2, 0.25) is 0 Å². The summed E-state index contributed by atoms with van der Waals surface area (Å²) in [7, 11) is 1.58. The van der Waals surface area contributed by atoms with E-state index in [4.69, 9.17) is 19.0 Å². The van der Waals surface area contributed by atoms with Gasteiger partial charge in [0, 0.05) is 5.56 Å². The molecule has 0 aliphatic heterocycles. The molecule has 0 spiro atoms. The lowest BCUT2D eigenvalue weighted by Gasteiger charge is -2.06. The van der Waals surface area contributed by atoms with Crippen molar-refractivity contribution in [2.24, 2.45) is 0 Å². The number of carboxylic acids is 1. The van der Waals surface area contributed by atoms with E-state index in [1.165, 1.54) is 6.26 Å². The van der Waals surface area contributed by atoms with Crippen molar-refractivity contribution in [3.63, 3.8) is 0 Å². The van der Waals surface area contributed by atoms with Gasteiger partial charge >= 0.3 is 5.97 Å². The van der Waals surface area contributed by atoms with Gasteiger partial charge in [0.05, 0.1) is 13.4 Å². The average Bonchev–Trinajstić information content (AvgIpc) is 2.85. The molecule has 0 saturated carbocycles. The van der Waals surface area contributed by atoms with Crippen LogP contribution >= 0.6 is 0 Å². The van der Waals surface area contributed by atoms with E-state index in [0.717, 1.165) is 5.75 Å². The fraction of sp³-hybridized carbons (Fsp3) is 0.154. The number of methoxy groups -OCH3 is 1. The summed E-state index contributed by atoms with van der Waals surface area (Å²) in [5.41, 5.74) is 0.498. The van der Waals surface area contributed by atoms with Crippen LogP contribution in [0.4, 0.5) is 0 Å². The minimum Gasteiger partial charge on any atom is -0.497 e. The van der Waals surface area contributed by atoms with Gasteiger partial charge in [0.15, 0.2) is 0 Å². The maximum absolute atomic E-state index is 10.8. The van der Waals surface area contributed by atoms with E-state index >= 15 is 0 Å². The Morgan fingerprint density at radius 2 is 1.89 bits per heavy atom. The molecular formula is C13H12O5. The van der Waals surface area contributed by atoms with Crippen molar-refractivity contribution < 1.29 is 23.8 Å². The summed E-state index contributed by atoms with van der Waals surface area (Å²) in [5.74, 6) is 0.169. The van der Waals surface area contributed by atoms with Crippen LogP contribution in [0.25, 0.3) is 0 Å². The number of hydrogen-bond acceptors (Lipinski definition) is 4. The van der Waals surface area contributed by atoms with Crippen molar-refractivity contribution in [3.05, 3.63) is 47.9 Å². The molecule has 1 aromatic heterocycles. The second-order valence-corrected chi connectivity index (χ2v) is 3.54. The smallest absolute Gasteiger partial charge is 0.372 e. The number of aromatic carboxylic acids is 1. The lowest BCUT2D eigenvalue weighted by molar-refractivity contribution is 0.0658. The van der Waals surface area contributed by atoms with Crippen LogP contribution in [-0.2, 0) is 6.61 Å². The quantitative estimate of drug-likeness (QED) is 0.880. The number of hydrogen-bond donors (Lipinski definition) is 1. The molecule has 0 amide bonds. The first kappa shape index (κ1) is 12.0. The number of ether oxygens (including phenoxy) is 2. The minimum atomic E-state index is -1.10. The Bertz CT molecular complexity index is 527. The van der Waals surface area contributed by atoms with Crippen LogP contribution in [0.15, 0.2) is 41.0 Å². The molecule has 1 heterocycles. The van der Waals surface area contributed by atoms with E-state index in [-0.39, 0.29) is 12.4 Å². The summed E-state index contributed by atoms with van der Waals surface area (Å²) in [6.07, 6.45) is 1.33. The Labute approximate surface area is 104 Å². The largest absolute Gasteiger partial charge is 0.497 e. The average molecular weight is 248 g/mol. The number of carboxylic acid groups (broad SMARTS) is 1. The Morgan fingerprint density at radius 3 is 2.50 bits per heavy atom. The molecule has 0 fully saturated rings. The van der Waals surface area contributed by atoms with E-state index in [1.807, 2.05) is 0 Å². The second kappa shape index (κ2) is 5.27. The number of rotatable bonds is 5. The zero-order chi connectivity index (χ0) is 13.0. The van der Waals surface area contributed by atoms with Gasteiger partial charge in [-0.25, -0.2) is 4.79 Å². The molecule has 0 saturated heterocycles. The number of benzene rings is 1. The molecule has 18 heavy (non-hydrogen) atoms. The van der Waals surface area contributed by atoms with E-state index in [9.17, 15) is 4.79 Å². The first-order valence-electron chi connectivity index (χ1n) is 5.27. The van der Waals surface area contributed by atoms with Gasteiger partial charge in [-0.3, -0.25) is 0 Å². The van der Waals surface area contributed by atoms with Crippen molar-refractivity contribution in [3.8, 4) is 11.5 Å². The van der Waals surface area contributed by atoms with E-state index < -0.39 is 5.97 Å². The molecular weight excluding hydrogens is 236 g/mol. The van der Waals surface area contributed by atoms with Crippen LogP contribution in [-0.4, -0.2) is 18.2 Å². The summed E-state index contributed by atoms with van der Waals surface area (Å²) in [6.45, 7) is 0.143. The topological polar surface area (TPSA) is 68.9 Å². The highest BCUT2D eigenvalue weighted by atomic mass is 16.5. The molecule has 0 radical (unpaired) electrons. The molecule has 0 aliphatic carbocycles. The third-order valence-electron chi connectivity index (χ3n) is 2.39. The fourth-order valence-electron chi connectivity index (χ4n) is 1.47. The van der Waals surface area contributed by atoms with E-state index in [0.29, 0.717) is 11.3 Å². The minimum absolute atomic E-state index is 0.0940. The SMILES string of the molecule is COc1ccc(OCc2ccoc2C(=O)O)cc1. The van der Waals surface area contributed by atoms with Crippen LogP contribution in [0, 0.1) is 0 Å². The van der Waals surface area contributed by atoms with Crippen molar-refractivity contribution >= 4 is 5.97 Å². The molecule has 0 aliphatic rings. The first-order valence-corrected chi connectivity index (χ1v) is 5.27. The molecule has 0 atom stereocenters. The highest BCUT2D eigenvalue weighted by Crippen LogP contribution is 2.19. The highest BCUT2D eigenvalue weighted by molar-refractivity contribution is 5.86. The number of furan rings is 1. The highest BCUT2D eigenvalue weighted by Gasteiger charge is 2.14. The van der Waals surface area contributed by atoms with Crippen LogP contribution in [0.1, 0.15) is 16.1 Å². The standard InChI is InChI=1S/C13H12O5/c1-16-10-2-4-11(5-3-10)18-8-9-6-7-17-12(9)13(14)15/h2-7H,8H2,1H3,(H,14,15). The third kappa shape index (κ3) is 2.63. The second-order valence-electron chi connectivity index (χ2n) is 3.54. The lowest BCUT2D eigenvalue weighted by Crippen LogP contribution is -2.02. The predicted molar refractivity (Wildman–Crippen MR) is 63.0 cm³/mol. The van der Waals surface area contributed by atoms with Gasteiger partial charge in [0.1, 0.15) is 18.1 Å². The molecule has 2 rings (SSSR count). The third-order valence-corrected chi connectivity index (χ3v) is 2.39. The van der Waals surface area contributed by atoms with Crippen LogP contribution in [0.3, 0.4) is 0 Å². The van der Waals surface area contributed by atoms with Gasteiger partial charge in [-0.05, 0) is 30.3 Å². The monoisotopic (exact) mass is 248 g/mol. The van der Waals surface area contributed by atoms with Gasteiger partial charge in [-0.2, -0.15) is 0 Å². The normalized spacial score (nSPS) is 10.1. The van der Waals surface area contributed by atoms with E-state index in [1.54, 1.807) is 37.4 Å². The Morgan fingerprint density at radius 1 is 1.22 bits per heavy atom. The summed E-state index contributed by atoms with van der Waals surface area (Å²) < 4.78 is 15.3. The lowest BCUT2D eigenvalue weighted by atomic mass is 10.2. The summed E-state index contributed by atoms with van der Waals surface area (Å²) in [6, 6.07) is 8.61. The Balaban J connectivity index is 2.02. The van der Waals surface area contributed by atoms with Crippen molar-refractivity contribution in [1.82, 2.24) is 0 Å². The molecule has 5 heteroatoms. The predicted octanol–water partition coefficient (Wildman–Crippen LogP) is 2.57. The van der Waals surface area contributed by atoms with Crippen molar-refractivity contribution in [1.29, 1.82) is 0 Å². The zero-order valence-electron chi connectivity index (χ0n) is 9.75. The molecule has 5 nitrogen and oxygen atoms in total. The van der Waals surface area contributed by atoms with Gasteiger partial charge in [-0.15, -0.1) is 0 Å². The Hall–Kier alpha value is -2.43. The van der Waals surface area contributed by atoms with Crippen molar-refractivity contribution in [2.75, 3.05) is 7.11 Å².